The van der Waals surface area contributed by atoms with Crippen molar-refractivity contribution in [3.05, 3.63) is 59.7 Å². The van der Waals surface area contributed by atoms with E-state index in [1.54, 1.807) is 0 Å². The van der Waals surface area contributed by atoms with Gasteiger partial charge >= 0.3 is 12.1 Å². The molecule has 3 atom stereocenters. The van der Waals surface area contributed by atoms with Crippen LogP contribution >= 0.6 is 0 Å². The van der Waals surface area contributed by atoms with Gasteiger partial charge in [0.25, 0.3) is 5.91 Å². The average Bonchev–Trinajstić information content (AvgIpc) is 3.44. The van der Waals surface area contributed by atoms with Crippen LogP contribution in [0.15, 0.2) is 48.5 Å². The first-order valence-corrected chi connectivity index (χ1v) is 11.4. The molecule has 2 amide bonds. The number of hydrogen-bond acceptors (Lipinski definition) is 6. The van der Waals surface area contributed by atoms with Gasteiger partial charge in [-0.15, -0.1) is 0 Å². The number of aliphatic carboxylic acids is 1. The number of carboxylic acid groups (broad SMARTS) is 1. The van der Waals surface area contributed by atoms with Crippen molar-refractivity contribution >= 4 is 18.0 Å². The quantitative estimate of drug-likeness (QED) is 0.693. The first kappa shape index (κ1) is 22.4. The van der Waals surface area contributed by atoms with E-state index >= 15 is 0 Å². The molecule has 2 fully saturated rings. The Labute approximate surface area is 196 Å². The fourth-order valence-corrected chi connectivity index (χ4v) is 4.95. The van der Waals surface area contributed by atoms with Crippen molar-refractivity contribution < 1.29 is 33.7 Å². The molecule has 3 aliphatic rings. The van der Waals surface area contributed by atoms with Gasteiger partial charge in [-0.1, -0.05) is 48.5 Å². The molecule has 34 heavy (non-hydrogen) atoms. The number of fused-ring (bicyclic) bond motifs is 3. The average molecular weight is 466 g/mol. The van der Waals surface area contributed by atoms with E-state index in [4.69, 9.17) is 14.2 Å². The molecule has 9 heteroatoms. The van der Waals surface area contributed by atoms with Gasteiger partial charge in [0, 0.05) is 19.1 Å². The lowest BCUT2D eigenvalue weighted by Crippen LogP contribution is -2.55. The van der Waals surface area contributed by atoms with Crippen LogP contribution in [0.2, 0.25) is 0 Å². The number of ether oxygens (including phenoxy) is 3. The van der Waals surface area contributed by atoms with E-state index in [0.717, 1.165) is 22.3 Å². The molecule has 9 nitrogen and oxygen atoms in total. The van der Waals surface area contributed by atoms with Gasteiger partial charge in [-0.25, -0.2) is 9.59 Å². The first-order valence-electron chi connectivity index (χ1n) is 11.4. The van der Waals surface area contributed by atoms with Crippen LogP contribution in [0.3, 0.4) is 0 Å². The van der Waals surface area contributed by atoms with Gasteiger partial charge in [-0.05, 0) is 28.7 Å². The molecule has 0 bridgehead atoms. The molecule has 178 valence electrons. The van der Waals surface area contributed by atoms with Crippen molar-refractivity contribution in [2.75, 3.05) is 32.9 Å². The lowest BCUT2D eigenvalue weighted by Gasteiger charge is -2.33. The standard InChI is InChI=1S/C25H26N2O7/c28-23(27-10-12-32-21(13-27)24(29)30)22-20(9-11-33-22)26-25(31)34-14-19-17-7-3-1-5-15(17)16-6-2-4-8-18(16)19/h1-8,19-22H,9-14H2,(H,26,31)(H,29,30). The topological polar surface area (TPSA) is 114 Å². The molecule has 0 radical (unpaired) electrons. The molecule has 2 aliphatic heterocycles. The SMILES string of the molecule is O=C(NC1CCOC1C(=O)N1CCOC(C(=O)O)C1)OCC1c2ccccc2-c2ccccc21. The summed E-state index contributed by atoms with van der Waals surface area (Å²) in [5.41, 5.74) is 4.53. The molecular weight excluding hydrogens is 440 g/mol. The number of alkyl carbamates (subject to hydrolysis) is 1. The maximum absolute atomic E-state index is 13.0. The molecule has 0 aromatic heterocycles. The Bertz CT molecular complexity index is 1060. The Hall–Kier alpha value is -3.43. The smallest absolute Gasteiger partial charge is 0.407 e. The minimum Gasteiger partial charge on any atom is -0.479 e. The molecule has 1 aliphatic carbocycles. The largest absolute Gasteiger partial charge is 0.479 e. The zero-order chi connectivity index (χ0) is 23.7. The van der Waals surface area contributed by atoms with Crippen molar-refractivity contribution in [3.63, 3.8) is 0 Å². The number of rotatable bonds is 5. The van der Waals surface area contributed by atoms with E-state index in [9.17, 15) is 19.5 Å². The highest BCUT2D eigenvalue weighted by Gasteiger charge is 2.40. The number of hydrogen-bond donors (Lipinski definition) is 2. The zero-order valence-corrected chi connectivity index (χ0v) is 18.5. The lowest BCUT2D eigenvalue weighted by atomic mass is 9.98. The van der Waals surface area contributed by atoms with E-state index in [0.29, 0.717) is 13.0 Å². The third kappa shape index (κ3) is 4.24. The molecule has 0 saturated carbocycles. The lowest BCUT2D eigenvalue weighted by molar-refractivity contribution is -0.162. The van der Waals surface area contributed by atoms with Crippen molar-refractivity contribution in [2.24, 2.45) is 0 Å². The van der Waals surface area contributed by atoms with Crippen molar-refractivity contribution in [1.82, 2.24) is 10.2 Å². The predicted octanol–water partition coefficient (Wildman–Crippen LogP) is 1.99. The third-order valence-electron chi connectivity index (χ3n) is 6.64. The Morgan fingerprint density at radius 1 is 1.00 bits per heavy atom. The molecule has 2 N–H and O–H groups in total. The minimum absolute atomic E-state index is 0.0499. The van der Waals surface area contributed by atoms with E-state index < -0.39 is 30.3 Å². The Balaban J connectivity index is 1.20. The van der Waals surface area contributed by atoms with Crippen LogP contribution in [0.4, 0.5) is 4.79 Å². The van der Waals surface area contributed by atoms with Crippen molar-refractivity contribution in [2.45, 2.75) is 30.6 Å². The molecule has 0 spiro atoms. The van der Waals surface area contributed by atoms with E-state index in [2.05, 4.69) is 17.4 Å². The van der Waals surface area contributed by atoms with Crippen LogP contribution in [-0.4, -0.2) is 79.1 Å². The van der Waals surface area contributed by atoms with Crippen molar-refractivity contribution in [3.8, 4) is 11.1 Å². The summed E-state index contributed by atoms with van der Waals surface area (Å²) in [7, 11) is 0. The number of morpholine rings is 1. The van der Waals surface area contributed by atoms with Crippen LogP contribution in [0.5, 0.6) is 0 Å². The monoisotopic (exact) mass is 466 g/mol. The van der Waals surface area contributed by atoms with Crippen LogP contribution in [0.1, 0.15) is 23.5 Å². The summed E-state index contributed by atoms with van der Waals surface area (Å²) in [6.07, 6.45) is -2.09. The molecular formula is C25H26N2O7. The fraction of sp³-hybridized carbons (Fsp3) is 0.400. The third-order valence-corrected chi connectivity index (χ3v) is 6.64. The normalized spacial score (nSPS) is 23.8. The van der Waals surface area contributed by atoms with Crippen LogP contribution < -0.4 is 5.32 Å². The number of carbonyl (C=O) groups excluding carboxylic acids is 2. The zero-order valence-electron chi connectivity index (χ0n) is 18.5. The van der Waals surface area contributed by atoms with Gasteiger partial charge in [-0.2, -0.15) is 0 Å². The van der Waals surface area contributed by atoms with Gasteiger partial charge in [0.1, 0.15) is 6.61 Å². The highest BCUT2D eigenvalue weighted by Crippen LogP contribution is 2.44. The van der Waals surface area contributed by atoms with Crippen LogP contribution in [-0.2, 0) is 23.8 Å². The predicted molar refractivity (Wildman–Crippen MR) is 120 cm³/mol. The number of nitrogens with one attached hydrogen (secondary N) is 1. The first-order chi connectivity index (χ1) is 16.5. The summed E-state index contributed by atoms with van der Waals surface area (Å²) in [5, 5.41) is 12.0. The maximum atomic E-state index is 13.0. The fourth-order valence-electron chi connectivity index (χ4n) is 4.95. The number of carboxylic acids is 1. The summed E-state index contributed by atoms with van der Waals surface area (Å²) in [6.45, 7) is 0.860. The van der Waals surface area contributed by atoms with Gasteiger partial charge < -0.3 is 29.5 Å². The number of amides is 2. The summed E-state index contributed by atoms with van der Waals surface area (Å²) in [4.78, 5) is 38.3. The Kier molecular flexibility index (Phi) is 6.21. The van der Waals surface area contributed by atoms with Gasteiger partial charge in [-0.3, -0.25) is 4.79 Å². The van der Waals surface area contributed by atoms with Crippen molar-refractivity contribution in [1.29, 1.82) is 0 Å². The van der Waals surface area contributed by atoms with Gasteiger partial charge in [0.15, 0.2) is 12.2 Å². The van der Waals surface area contributed by atoms with E-state index in [1.165, 1.54) is 4.90 Å². The summed E-state index contributed by atoms with van der Waals surface area (Å²) < 4.78 is 16.4. The summed E-state index contributed by atoms with van der Waals surface area (Å²) in [5.74, 6) is -1.52. The van der Waals surface area contributed by atoms with Gasteiger partial charge in [0.05, 0.1) is 19.2 Å². The number of benzene rings is 2. The molecule has 2 aromatic carbocycles. The molecule has 2 heterocycles. The van der Waals surface area contributed by atoms with E-state index in [-0.39, 0.29) is 38.1 Å². The van der Waals surface area contributed by atoms with E-state index in [1.807, 2.05) is 36.4 Å². The van der Waals surface area contributed by atoms with Crippen LogP contribution in [0, 0.1) is 0 Å². The second-order valence-electron chi connectivity index (χ2n) is 8.64. The molecule has 3 unspecified atom stereocenters. The molecule has 2 saturated heterocycles. The highest BCUT2D eigenvalue weighted by atomic mass is 16.6. The second-order valence-corrected chi connectivity index (χ2v) is 8.64. The van der Waals surface area contributed by atoms with Gasteiger partial charge in [0.2, 0.25) is 0 Å². The highest BCUT2D eigenvalue weighted by molar-refractivity contribution is 5.84. The van der Waals surface area contributed by atoms with Crippen LogP contribution in [0.25, 0.3) is 11.1 Å². The number of carbonyl (C=O) groups is 3. The molecule has 2 aromatic rings. The Morgan fingerprint density at radius 3 is 2.35 bits per heavy atom. The minimum atomic E-state index is -1.11. The summed E-state index contributed by atoms with van der Waals surface area (Å²) >= 11 is 0. The summed E-state index contributed by atoms with van der Waals surface area (Å²) in [6, 6.07) is 15.6. The number of nitrogens with zero attached hydrogens (tertiary/aromatic N) is 1. The second kappa shape index (κ2) is 9.44. The Morgan fingerprint density at radius 2 is 1.68 bits per heavy atom. The molecule has 5 rings (SSSR count). The maximum Gasteiger partial charge on any atom is 0.407 e.